The van der Waals surface area contributed by atoms with Crippen LogP contribution in [0.4, 0.5) is 5.69 Å². The third kappa shape index (κ3) is 3.95. The van der Waals surface area contributed by atoms with Crippen molar-refractivity contribution in [2.24, 2.45) is 0 Å². The van der Waals surface area contributed by atoms with E-state index in [-0.39, 0.29) is 11.6 Å². The van der Waals surface area contributed by atoms with E-state index in [1.807, 2.05) is 31.2 Å². The van der Waals surface area contributed by atoms with Gasteiger partial charge in [0.05, 0.1) is 17.2 Å². The summed E-state index contributed by atoms with van der Waals surface area (Å²) in [5, 5.41) is 7.05. The van der Waals surface area contributed by atoms with Gasteiger partial charge in [-0.3, -0.25) is 4.79 Å². The van der Waals surface area contributed by atoms with Crippen LogP contribution in [0.2, 0.25) is 0 Å². The number of aryl methyl sites for hydroxylation is 1. The second-order valence-electron chi connectivity index (χ2n) is 5.28. The maximum atomic E-state index is 12.2. The zero-order chi connectivity index (χ0) is 17.8. The lowest BCUT2D eigenvalue weighted by Gasteiger charge is -2.06. The minimum absolute atomic E-state index is 0.130. The molecule has 0 saturated heterocycles. The van der Waals surface area contributed by atoms with Gasteiger partial charge in [-0.25, -0.2) is 9.48 Å². The summed E-state index contributed by atoms with van der Waals surface area (Å²) in [6, 6.07) is 12.5. The van der Waals surface area contributed by atoms with E-state index in [1.165, 1.54) is 11.3 Å². The molecule has 0 aliphatic rings. The number of aromatic nitrogens is 2. The second-order valence-corrected chi connectivity index (χ2v) is 6.57. The number of ether oxygens (including phenoxy) is 1. The van der Waals surface area contributed by atoms with Crippen LogP contribution in [0.15, 0.2) is 48.7 Å². The van der Waals surface area contributed by atoms with Gasteiger partial charge in [-0.15, -0.1) is 11.3 Å². The molecule has 2 aromatic heterocycles. The van der Waals surface area contributed by atoms with E-state index in [9.17, 15) is 9.59 Å². The lowest BCUT2D eigenvalue weighted by atomic mass is 10.2. The van der Waals surface area contributed by atoms with Crippen LogP contribution in [0.1, 0.15) is 32.0 Å². The van der Waals surface area contributed by atoms with Gasteiger partial charge in [-0.05, 0) is 56.3 Å². The number of esters is 1. The van der Waals surface area contributed by atoms with Crippen molar-refractivity contribution >= 4 is 28.9 Å². The number of amides is 1. The standard InChI is InChI=1S/C18H17N3O3S/c1-3-24-18(23)15-10-11-21(20-15)14-7-5-13(6-8-14)19-17(22)16-9-4-12(2)25-16/h4-11H,3H2,1-2H3,(H,19,22). The lowest BCUT2D eigenvalue weighted by Crippen LogP contribution is -2.10. The van der Waals surface area contributed by atoms with E-state index in [0.717, 1.165) is 10.6 Å². The second kappa shape index (κ2) is 7.31. The number of hydrogen-bond acceptors (Lipinski definition) is 5. The van der Waals surface area contributed by atoms with Crippen molar-refractivity contribution < 1.29 is 14.3 Å². The summed E-state index contributed by atoms with van der Waals surface area (Å²) in [4.78, 5) is 25.6. The number of nitrogens with one attached hydrogen (secondary N) is 1. The molecule has 128 valence electrons. The third-order valence-electron chi connectivity index (χ3n) is 3.43. The number of rotatable bonds is 5. The topological polar surface area (TPSA) is 73.2 Å². The average Bonchev–Trinajstić information content (AvgIpc) is 3.25. The molecule has 25 heavy (non-hydrogen) atoms. The smallest absolute Gasteiger partial charge is 0.358 e. The Bertz CT molecular complexity index is 896. The number of thiophene rings is 1. The van der Waals surface area contributed by atoms with E-state index in [4.69, 9.17) is 4.74 Å². The van der Waals surface area contributed by atoms with Crippen LogP contribution in [0.25, 0.3) is 5.69 Å². The van der Waals surface area contributed by atoms with Crippen LogP contribution in [0.3, 0.4) is 0 Å². The highest BCUT2D eigenvalue weighted by Gasteiger charge is 2.11. The molecule has 6 nitrogen and oxygen atoms in total. The van der Waals surface area contributed by atoms with E-state index in [0.29, 0.717) is 17.2 Å². The van der Waals surface area contributed by atoms with Crippen LogP contribution in [0.5, 0.6) is 0 Å². The molecular formula is C18H17N3O3S. The van der Waals surface area contributed by atoms with Gasteiger partial charge in [0.1, 0.15) is 0 Å². The molecule has 1 amide bonds. The molecule has 3 rings (SSSR count). The van der Waals surface area contributed by atoms with Crippen molar-refractivity contribution in [3.05, 3.63) is 64.1 Å². The molecule has 1 N–H and O–H groups in total. The summed E-state index contributed by atoms with van der Waals surface area (Å²) in [5.41, 5.74) is 1.73. The first kappa shape index (κ1) is 16.9. The summed E-state index contributed by atoms with van der Waals surface area (Å²) < 4.78 is 6.51. The SMILES string of the molecule is CCOC(=O)c1ccn(-c2ccc(NC(=O)c3ccc(C)s3)cc2)n1. The first-order valence-corrected chi connectivity index (χ1v) is 8.59. The Morgan fingerprint density at radius 2 is 1.92 bits per heavy atom. The van der Waals surface area contributed by atoms with Gasteiger partial charge in [-0.2, -0.15) is 5.10 Å². The van der Waals surface area contributed by atoms with E-state index in [2.05, 4.69) is 10.4 Å². The van der Waals surface area contributed by atoms with Gasteiger partial charge in [0, 0.05) is 16.8 Å². The minimum atomic E-state index is -0.448. The molecule has 1 aromatic carbocycles. The Morgan fingerprint density at radius 1 is 1.16 bits per heavy atom. The highest BCUT2D eigenvalue weighted by molar-refractivity contribution is 7.14. The minimum Gasteiger partial charge on any atom is -0.461 e. The number of nitrogens with zero attached hydrogens (tertiary/aromatic N) is 2. The largest absolute Gasteiger partial charge is 0.461 e. The molecule has 0 unspecified atom stereocenters. The predicted molar refractivity (Wildman–Crippen MR) is 96.5 cm³/mol. The van der Waals surface area contributed by atoms with Gasteiger partial charge >= 0.3 is 5.97 Å². The Hall–Kier alpha value is -2.93. The molecule has 0 bridgehead atoms. The van der Waals surface area contributed by atoms with Crippen LogP contribution >= 0.6 is 11.3 Å². The van der Waals surface area contributed by atoms with Crippen molar-refractivity contribution in [3.8, 4) is 5.69 Å². The van der Waals surface area contributed by atoms with Crippen molar-refractivity contribution in [2.45, 2.75) is 13.8 Å². The van der Waals surface area contributed by atoms with E-state index in [1.54, 1.807) is 36.0 Å². The third-order valence-corrected chi connectivity index (χ3v) is 4.43. The van der Waals surface area contributed by atoms with E-state index < -0.39 is 5.97 Å². The van der Waals surface area contributed by atoms with Crippen LogP contribution in [0, 0.1) is 6.92 Å². The Balaban J connectivity index is 1.70. The zero-order valence-corrected chi connectivity index (χ0v) is 14.7. The molecule has 0 aliphatic heterocycles. The van der Waals surface area contributed by atoms with E-state index >= 15 is 0 Å². The Labute approximate surface area is 149 Å². The van der Waals surface area contributed by atoms with Gasteiger partial charge in [0.25, 0.3) is 5.91 Å². The maximum Gasteiger partial charge on any atom is 0.358 e. The highest BCUT2D eigenvalue weighted by atomic mass is 32.1. The molecule has 0 radical (unpaired) electrons. The molecule has 0 saturated carbocycles. The normalized spacial score (nSPS) is 10.5. The molecule has 7 heteroatoms. The number of anilines is 1. The van der Waals surface area contributed by atoms with Crippen molar-refractivity contribution in [3.63, 3.8) is 0 Å². The van der Waals surface area contributed by atoms with Gasteiger partial charge < -0.3 is 10.1 Å². The zero-order valence-electron chi connectivity index (χ0n) is 13.9. The van der Waals surface area contributed by atoms with Gasteiger partial charge in [0.15, 0.2) is 5.69 Å². The maximum absolute atomic E-state index is 12.2. The summed E-state index contributed by atoms with van der Waals surface area (Å²) in [7, 11) is 0. The summed E-state index contributed by atoms with van der Waals surface area (Å²) >= 11 is 1.45. The molecule has 0 fully saturated rings. The van der Waals surface area contributed by atoms with Crippen molar-refractivity contribution in [1.29, 1.82) is 0 Å². The van der Waals surface area contributed by atoms with Gasteiger partial charge in [-0.1, -0.05) is 0 Å². The number of carbonyl (C=O) groups is 2. The number of hydrogen-bond donors (Lipinski definition) is 1. The quantitative estimate of drug-likeness (QED) is 0.709. The fraction of sp³-hybridized carbons (Fsp3) is 0.167. The average molecular weight is 355 g/mol. The van der Waals surface area contributed by atoms with Gasteiger partial charge in [0.2, 0.25) is 0 Å². The van der Waals surface area contributed by atoms with Crippen LogP contribution in [-0.2, 0) is 4.74 Å². The van der Waals surface area contributed by atoms with Crippen molar-refractivity contribution in [2.75, 3.05) is 11.9 Å². The molecular weight excluding hydrogens is 338 g/mol. The molecule has 0 atom stereocenters. The Kier molecular flexibility index (Phi) is 4.95. The monoisotopic (exact) mass is 355 g/mol. The molecule has 0 spiro atoms. The lowest BCUT2D eigenvalue weighted by molar-refractivity contribution is 0.0519. The fourth-order valence-corrected chi connectivity index (χ4v) is 2.99. The fourth-order valence-electron chi connectivity index (χ4n) is 2.23. The molecule has 3 aromatic rings. The summed E-state index contributed by atoms with van der Waals surface area (Å²) in [5.74, 6) is -0.578. The number of carbonyl (C=O) groups excluding carboxylic acids is 2. The number of benzene rings is 1. The Morgan fingerprint density at radius 3 is 2.56 bits per heavy atom. The van der Waals surface area contributed by atoms with Crippen LogP contribution < -0.4 is 5.32 Å². The predicted octanol–water partition coefficient (Wildman–Crippen LogP) is 3.67. The highest BCUT2D eigenvalue weighted by Crippen LogP contribution is 2.18. The van der Waals surface area contributed by atoms with Crippen LogP contribution in [-0.4, -0.2) is 28.3 Å². The summed E-state index contributed by atoms with van der Waals surface area (Å²) in [6.07, 6.45) is 1.69. The molecule has 2 heterocycles. The van der Waals surface area contributed by atoms with Crippen molar-refractivity contribution in [1.82, 2.24) is 9.78 Å². The molecule has 0 aliphatic carbocycles. The first-order chi connectivity index (χ1) is 12.1. The summed E-state index contributed by atoms with van der Waals surface area (Å²) in [6.45, 7) is 4.02. The first-order valence-electron chi connectivity index (χ1n) is 7.78.